The van der Waals surface area contributed by atoms with E-state index in [0.717, 1.165) is 64.2 Å². The molecule has 462 valence electrons. The van der Waals surface area contributed by atoms with Gasteiger partial charge in [0.05, 0.1) is 13.2 Å². The first-order valence-corrected chi connectivity index (χ1v) is 35.3. The highest BCUT2D eigenvalue weighted by molar-refractivity contribution is 7.47. The van der Waals surface area contributed by atoms with Crippen LogP contribution in [0.1, 0.15) is 335 Å². The lowest BCUT2D eigenvalue weighted by atomic mass is 10.0. The number of esters is 2. The van der Waals surface area contributed by atoms with E-state index < -0.39 is 26.5 Å². The Balaban J connectivity index is 3.86. The van der Waals surface area contributed by atoms with E-state index in [4.69, 9.17) is 24.3 Å². The Bertz CT molecular complexity index is 1480. The Morgan fingerprint density at radius 1 is 0.380 bits per heavy atom. The third-order valence-electron chi connectivity index (χ3n) is 14.9. The van der Waals surface area contributed by atoms with E-state index in [-0.39, 0.29) is 38.6 Å². The fourth-order valence-electron chi connectivity index (χ4n) is 9.85. The molecule has 0 aliphatic carbocycles. The summed E-state index contributed by atoms with van der Waals surface area (Å²) >= 11 is 0. The van der Waals surface area contributed by atoms with Crippen molar-refractivity contribution < 1.29 is 37.6 Å². The van der Waals surface area contributed by atoms with Gasteiger partial charge in [0.25, 0.3) is 0 Å². The van der Waals surface area contributed by atoms with Gasteiger partial charge in [-0.1, -0.05) is 299 Å². The number of phosphoric ester groups is 1. The highest BCUT2D eigenvalue weighted by atomic mass is 31.2. The molecule has 0 aliphatic rings. The number of hydrogen-bond donors (Lipinski definition) is 2. The first-order valence-electron chi connectivity index (χ1n) is 33.8. The van der Waals surface area contributed by atoms with Crippen molar-refractivity contribution in [3.8, 4) is 0 Å². The molecular weight excluding hydrogens is 1000 g/mol. The molecule has 0 amide bonds. The first kappa shape index (κ1) is 76.7. The summed E-state index contributed by atoms with van der Waals surface area (Å²) in [6, 6.07) is 0. The van der Waals surface area contributed by atoms with Crippen molar-refractivity contribution in [3.05, 3.63) is 60.8 Å². The van der Waals surface area contributed by atoms with E-state index in [1.807, 2.05) is 0 Å². The lowest BCUT2D eigenvalue weighted by Gasteiger charge is -2.19. The van der Waals surface area contributed by atoms with Crippen LogP contribution in [-0.2, 0) is 32.7 Å². The minimum Gasteiger partial charge on any atom is -0.462 e. The van der Waals surface area contributed by atoms with E-state index in [1.165, 1.54) is 238 Å². The monoisotopic (exact) mass is 1130 g/mol. The topological polar surface area (TPSA) is 134 Å². The number of ether oxygens (including phenoxy) is 2. The predicted molar refractivity (Wildman–Crippen MR) is 340 cm³/mol. The van der Waals surface area contributed by atoms with E-state index in [2.05, 4.69) is 74.6 Å². The summed E-state index contributed by atoms with van der Waals surface area (Å²) in [5.41, 5.74) is 5.40. The number of rotatable bonds is 64. The molecule has 0 rings (SSSR count). The number of unbranched alkanes of at least 4 members (excludes halogenated alkanes) is 41. The number of carbonyl (C=O) groups excluding carboxylic acids is 2. The third kappa shape index (κ3) is 64.7. The van der Waals surface area contributed by atoms with Crippen LogP contribution < -0.4 is 5.73 Å². The zero-order chi connectivity index (χ0) is 57.3. The maximum atomic E-state index is 12.7. The normalized spacial score (nSPS) is 13.3. The Morgan fingerprint density at radius 2 is 0.658 bits per heavy atom. The van der Waals surface area contributed by atoms with Crippen LogP contribution in [0, 0.1) is 0 Å². The van der Waals surface area contributed by atoms with Gasteiger partial charge in [0.2, 0.25) is 0 Å². The van der Waals surface area contributed by atoms with E-state index in [0.29, 0.717) is 6.42 Å². The first-order chi connectivity index (χ1) is 38.8. The van der Waals surface area contributed by atoms with Crippen molar-refractivity contribution in [2.75, 3.05) is 26.4 Å². The van der Waals surface area contributed by atoms with Crippen molar-refractivity contribution in [2.24, 2.45) is 5.73 Å². The van der Waals surface area contributed by atoms with Gasteiger partial charge in [-0.25, -0.2) is 4.57 Å². The molecule has 0 heterocycles. The lowest BCUT2D eigenvalue weighted by molar-refractivity contribution is -0.161. The summed E-state index contributed by atoms with van der Waals surface area (Å²) in [7, 11) is -4.39. The predicted octanol–water partition coefficient (Wildman–Crippen LogP) is 21.9. The number of hydrogen-bond acceptors (Lipinski definition) is 8. The largest absolute Gasteiger partial charge is 0.472 e. The van der Waals surface area contributed by atoms with Gasteiger partial charge in [0.15, 0.2) is 6.10 Å². The van der Waals surface area contributed by atoms with Crippen LogP contribution >= 0.6 is 7.82 Å². The van der Waals surface area contributed by atoms with Gasteiger partial charge in [-0.3, -0.25) is 18.6 Å². The Labute approximate surface area is 489 Å². The Kier molecular flexibility index (Phi) is 63.0. The van der Waals surface area contributed by atoms with Crippen LogP contribution in [0.25, 0.3) is 0 Å². The lowest BCUT2D eigenvalue weighted by Crippen LogP contribution is -2.29. The summed E-state index contributed by atoms with van der Waals surface area (Å²) in [4.78, 5) is 35.3. The molecule has 0 saturated heterocycles. The van der Waals surface area contributed by atoms with Crippen LogP contribution in [0.5, 0.6) is 0 Å². The highest BCUT2D eigenvalue weighted by Gasteiger charge is 2.26. The molecule has 0 aliphatic heterocycles. The minimum absolute atomic E-state index is 0.0525. The second-order valence-corrected chi connectivity index (χ2v) is 24.1. The van der Waals surface area contributed by atoms with Crippen LogP contribution in [-0.4, -0.2) is 49.3 Å². The maximum absolute atomic E-state index is 12.7. The van der Waals surface area contributed by atoms with Crippen LogP contribution in [0.15, 0.2) is 60.8 Å². The Hall–Kier alpha value is -2.29. The second-order valence-electron chi connectivity index (χ2n) is 22.7. The van der Waals surface area contributed by atoms with E-state index in [9.17, 15) is 19.0 Å². The zero-order valence-corrected chi connectivity index (χ0v) is 52.8. The van der Waals surface area contributed by atoms with E-state index >= 15 is 0 Å². The quantitative estimate of drug-likeness (QED) is 0.0264. The summed E-state index contributed by atoms with van der Waals surface area (Å²) in [5, 5.41) is 0. The average Bonchev–Trinajstić information content (AvgIpc) is 3.44. The van der Waals surface area contributed by atoms with Gasteiger partial charge in [-0.05, 0) is 83.5 Å². The highest BCUT2D eigenvalue weighted by Crippen LogP contribution is 2.43. The zero-order valence-electron chi connectivity index (χ0n) is 51.9. The fraction of sp³-hybridized carbons (Fsp3) is 0.826. The van der Waals surface area contributed by atoms with Crippen LogP contribution in [0.2, 0.25) is 0 Å². The molecule has 0 aromatic carbocycles. The molecule has 0 aromatic heterocycles. The SMILES string of the molecule is CCCCCCC/C=C\C/C=C\C/C=C\CCCCCCCCCCCCC(=O)OC(COC(=O)CCCCCCCCCCCCCCCCCCCCCCC/C=C\C/C=C\CCCCCCC)COP(=O)(O)OCCN. The van der Waals surface area contributed by atoms with Crippen molar-refractivity contribution in [3.63, 3.8) is 0 Å². The summed E-state index contributed by atoms with van der Waals surface area (Å²) in [6.45, 7) is 3.77. The molecule has 79 heavy (non-hydrogen) atoms. The van der Waals surface area contributed by atoms with Crippen molar-refractivity contribution in [2.45, 2.75) is 341 Å². The van der Waals surface area contributed by atoms with Gasteiger partial charge in [0.1, 0.15) is 6.61 Å². The number of allylic oxidation sites excluding steroid dienone is 10. The minimum atomic E-state index is -4.39. The molecule has 2 unspecified atom stereocenters. The van der Waals surface area contributed by atoms with Crippen molar-refractivity contribution in [1.29, 1.82) is 0 Å². The van der Waals surface area contributed by atoms with Crippen molar-refractivity contribution in [1.82, 2.24) is 0 Å². The summed E-state index contributed by atoms with van der Waals surface area (Å²) in [6.07, 6.45) is 83.1. The van der Waals surface area contributed by atoms with Gasteiger partial charge in [0, 0.05) is 19.4 Å². The van der Waals surface area contributed by atoms with Crippen molar-refractivity contribution >= 4 is 19.8 Å². The van der Waals surface area contributed by atoms with Gasteiger partial charge < -0.3 is 20.1 Å². The third-order valence-corrected chi connectivity index (χ3v) is 15.9. The van der Waals surface area contributed by atoms with E-state index in [1.54, 1.807) is 0 Å². The van der Waals surface area contributed by atoms with Gasteiger partial charge in [-0.2, -0.15) is 0 Å². The smallest absolute Gasteiger partial charge is 0.462 e. The van der Waals surface area contributed by atoms with Crippen LogP contribution in [0.3, 0.4) is 0 Å². The summed E-state index contributed by atoms with van der Waals surface area (Å²) in [5.74, 6) is -0.818. The molecule has 0 aromatic rings. The molecule has 3 N–H and O–H groups in total. The fourth-order valence-corrected chi connectivity index (χ4v) is 10.6. The summed E-state index contributed by atoms with van der Waals surface area (Å²) < 4.78 is 33.1. The number of carbonyl (C=O) groups is 2. The molecule has 9 nitrogen and oxygen atoms in total. The molecular formula is C69H128NO8P. The Morgan fingerprint density at radius 3 is 0.975 bits per heavy atom. The molecule has 2 atom stereocenters. The molecule has 0 saturated carbocycles. The molecule has 0 spiro atoms. The second kappa shape index (κ2) is 64.9. The van der Waals surface area contributed by atoms with Gasteiger partial charge >= 0.3 is 19.8 Å². The maximum Gasteiger partial charge on any atom is 0.472 e. The number of nitrogens with two attached hydrogens (primary N) is 1. The molecule has 10 heteroatoms. The molecule has 0 radical (unpaired) electrons. The number of phosphoric acid groups is 1. The van der Waals surface area contributed by atoms with Crippen LogP contribution in [0.4, 0.5) is 0 Å². The standard InChI is InChI=1S/C69H128NO8P/c1-3-5-7-9-11-13-15-17-19-21-23-25-27-29-30-31-32-33-34-35-36-38-39-41-43-45-47-49-51-53-55-57-59-61-68(71)75-65-67(66-77-79(73,74)76-64-63-70)78-69(72)62-60-58-56-54-52-50-48-46-44-42-40-37-28-26-24-22-20-18-16-14-12-10-8-6-4-2/h15-18,21-24,28,37,67H,3-14,19-20,25-27,29-36,38-66,70H2,1-2H3,(H,73,74)/b17-15-,18-16-,23-21-,24-22-,37-28-. The average molecular weight is 1130 g/mol. The molecule has 0 bridgehead atoms. The van der Waals surface area contributed by atoms with Gasteiger partial charge in [-0.15, -0.1) is 0 Å². The molecule has 0 fully saturated rings.